The SMILES string of the molecule is CCN(/C=C(/C#N)C(=O)NCCOC)C(C)(C)C. The molecule has 0 saturated heterocycles. The molecule has 0 aliphatic rings. The summed E-state index contributed by atoms with van der Waals surface area (Å²) in [4.78, 5) is 13.7. The Morgan fingerprint density at radius 1 is 1.50 bits per heavy atom. The Kier molecular flexibility index (Phi) is 7.06. The Morgan fingerprint density at radius 2 is 2.11 bits per heavy atom. The number of ether oxygens (including phenoxy) is 1. The second kappa shape index (κ2) is 7.72. The number of hydrogen-bond acceptors (Lipinski definition) is 4. The Hall–Kier alpha value is -1.54. The molecular weight excluding hydrogens is 230 g/mol. The van der Waals surface area contributed by atoms with Gasteiger partial charge in [-0.2, -0.15) is 5.26 Å². The number of carbonyl (C=O) groups excluding carboxylic acids is 1. The van der Waals surface area contributed by atoms with E-state index >= 15 is 0 Å². The molecule has 0 aromatic carbocycles. The fourth-order valence-electron chi connectivity index (χ4n) is 1.42. The van der Waals surface area contributed by atoms with E-state index in [1.807, 2.05) is 38.7 Å². The van der Waals surface area contributed by atoms with Crippen molar-refractivity contribution in [3.8, 4) is 6.07 Å². The average molecular weight is 253 g/mol. The number of hydrogen-bond donors (Lipinski definition) is 1. The smallest absolute Gasteiger partial charge is 0.263 e. The van der Waals surface area contributed by atoms with Crippen molar-refractivity contribution in [2.24, 2.45) is 0 Å². The highest BCUT2D eigenvalue weighted by Crippen LogP contribution is 2.14. The van der Waals surface area contributed by atoms with Crippen LogP contribution in [0.15, 0.2) is 11.8 Å². The van der Waals surface area contributed by atoms with Gasteiger partial charge >= 0.3 is 0 Å². The largest absolute Gasteiger partial charge is 0.383 e. The van der Waals surface area contributed by atoms with Crippen molar-refractivity contribution in [3.05, 3.63) is 11.8 Å². The highest BCUT2D eigenvalue weighted by Gasteiger charge is 2.19. The van der Waals surface area contributed by atoms with Crippen LogP contribution in [0.1, 0.15) is 27.7 Å². The van der Waals surface area contributed by atoms with Gasteiger partial charge < -0.3 is 15.0 Å². The standard InChI is InChI=1S/C13H23N3O2/c1-6-16(13(2,3)4)10-11(9-14)12(17)15-7-8-18-5/h10H,6-8H2,1-5H3,(H,15,17)/b11-10-. The molecule has 0 spiro atoms. The highest BCUT2D eigenvalue weighted by atomic mass is 16.5. The van der Waals surface area contributed by atoms with Crippen LogP contribution in [0.4, 0.5) is 0 Å². The van der Waals surface area contributed by atoms with Gasteiger partial charge in [0.1, 0.15) is 11.6 Å². The minimum atomic E-state index is -0.364. The third kappa shape index (κ3) is 5.69. The monoisotopic (exact) mass is 253 g/mol. The van der Waals surface area contributed by atoms with Crippen LogP contribution in [0.2, 0.25) is 0 Å². The molecule has 0 radical (unpaired) electrons. The van der Waals surface area contributed by atoms with Crippen LogP contribution in [0.3, 0.4) is 0 Å². The van der Waals surface area contributed by atoms with Crippen molar-refractivity contribution in [1.82, 2.24) is 10.2 Å². The lowest BCUT2D eigenvalue weighted by atomic mass is 10.1. The van der Waals surface area contributed by atoms with E-state index in [1.54, 1.807) is 13.3 Å². The molecule has 0 aromatic rings. The molecule has 5 nitrogen and oxygen atoms in total. The van der Waals surface area contributed by atoms with Crippen LogP contribution in [0, 0.1) is 11.3 Å². The summed E-state index contributed by atoms with van der Waals surface area (Å²) < 4.78 is 4.83. The first-order chi connectivity index (χ1) is 8.36. The van der Waals surface area contributed by atoms with Crippen LogP contribution >= 0.6 is 0 Å². The molecule has 0 saturated carbocycles. The van der Waals surface area contributed by atoms with Gasteiger partial charge in [0.05, 0.1) is 6.61 Å². The summed E-state index contributed by atoms with van der Waals surface area (Å²) in [5.74, 6) is -0.364. The van der Waals surface area contributed by atoms with Crippen LogP contribution in [0.5, 0.6) is 0 Å². The molecule has 0 aromatic heterocycles. The minimum absolute atomic E-state index is 0.114. The van der Waals surface area contributed by atoms with Gasteiger partial charge in [0.2, 0.25) is 0 Å². The lowest BCUT2D eigenvalue weighted by molar-refractivity contribution is -0.117. The summed E-state index contributed by atoms with van der Waals surface area (Å²) in [7, 11) is 1.56. The molecule has 0 atom stereocenters. The molecule has 0 aliphatic heterocycles. The van der Waals surface area contributed by atoms with Gasteiger partial charge in [0.25, 0.3) is 5.91 Å². The van der Waals surface area contributed by atoms with Gasteiger partial charge in [-0.3, -0.25) is 4.79 Å². The van der Waals surface area contributed by atoms with E-state index in [2.05, 4.69) is 5.32 Å². The molecule has 0 rings (SSSR count). The summed E-state index contributed by atoms with van der Waals surface area (Å²) in [6.45, 7) is 9.65. The Morgan fingerprint density at radius 3 is 2.50 bits per heavy atom. The first-order valence-corrected chi connectivity index (χ1v) is 6.02. The van der Waals surface area contributed by atoms with Crippen LogP contribution < -0.4 is 5.32 Å². The van der Waals surface area contributed by atoms with Crippen molar-refractivity contribution in [2.75, 3.05) is 26.8 Å². The Labute approximate surface area is 109 Å². The third-order valence-electron chi connectivity index (χ3n) is 2.44. The molecule has 0 unspecified atom stereocenters. The van der Waals surface area contributed by atoms with Crippen molar-refractivity contribution in [2.45, 2.75) is 33.2 Å². The molecule has 102 valence electrons. The Bertz CT molecular complexity index is 337. The molecule has 5 heteroatoms. The molecule has 0 fully saturated rings. The second-order valence-electron chi connectivity index (χ2n) is 4.86. The fourth-order valence-corrected chi connectivity index (χ4v) is 1.42. The predicted octanol–water partition coefficient (Wildman–Crippen LogP) is 1.28. The van der Waals surface area contributed by atoms with E-state index < -0.39 is 0 Å². The molecule has 1 amide bonds. The van der Waals surface area contributed by atoms with Crippen LogP contribution in [0.25, 0.3) is 0 Å². The third-order valence-corrected chi connectivity index (χ3v) is 2.44. The number of rotatable bonds is 6. The fraction of sp³-hybridized carbons (Fsp3) is 0.692. The predicted molar refractivity (Wildman–Crippen MR) is 70.7 cm³/mol. The van der Waals surface area contributed by atoms with Crippen LogP contribution in [-0.4, -0.2) is 43.2 Å². The van der Waals surface area contributed by atoms with Crippen molar-refractivity contribution < 1.29 is 9.53 Å². The first-order valence-electron chi connectivity index (χ1n) is 6.02. The minimum Gasteiger partial charge on any atom is -0.383 e. The molecule has 0 aliphatic carbocycles. The van der Waals surface area contributed by atoms with Crippen molar-refractivity contribution >= 4 is 5.91 Å². The van der Waals surface area contributed by atoms with Gasteiger partial charge in [-0.25, -0.2) is 0 Å². The van der Waals surface area contributed by atoms with Crippen LogP contribution in [-0.2, 0) is 9.53 Å². The average Bonchev–Trinajstić information content (AvgIpc) is 2.29. The molecule has 0 bridgehead atoms. The van der Waals surface area contributed by atoms with Gasteiger partial charge in [-0.15, -0.1) is 0 Å². The number of nitrogens with zero attached hydrogens (tertiary/aromatic N) is 2. The highest BCUT2D eigenvalue weighted by molar-refractivity contribution is 5.97. The molecule has 1 N–H and O–H groups in total. The van der Waals surface area contributed by atoms with Gasteiger partial charge in [-0.1, -0.05) is 0 Å². The number of amides is 1. The zero-order chi connectivity index (χ0) is 14.2. The Balaban J connectivity index is 4.75. The van der Waals surface area contributed by atoms with E-state index in [1.165, 1.54) is 0 Å². The summed E-state index contributed by atoms with van der Waals surface area (Å²) in [6.07, 6.45) is 1.61. The van der Waals surface area contributed by atoms with Crippen molar-refractivity contribution in [3.63, 3.8) is 0 Å². The van der Waals surface area contributed by atoms with E-state index in [0.29, 0.717) is 13.2 Å². The summed E-state index contributed by atoms with van der Waals surface area (Å²) >= 11 is 0. The maximum Gasteiger partial charge on any atom is 0.263 e. The van der Waals surface area contributed by atoms with Crippen molar-refractivity contribution in [1.29, 1.82) is 5.26 Å². The quantitative estimate of drug-likeness (QED) is 0.440. The first kappa shape index (κ1) is 16.5. The zero-order valence-corrected chi connectivity index (χ0v) is 11.9. The summed E-state index contributed by atoms with van der Waals surface area (Å²) in [5.41, 5.74) is -0.00759. The second-order valence-corrected chi connectivity index (χ2v) is 4.86. The summed E-state index contributed by atoms with van der Waals surface area (Å²) in [5, 5.41) is 11.7. The number of methoxy groups -OCH3 is 1. The van der Waals surface area contributed by atoms with Gasteiger partial charge in [0, 0.05) is 31.9 Å². The summed E-state index contributed by atoms with van der Waals surface area (Å²) in [6, 6.07) is 1.93. The topological polar surface area (TPSA) is 65.4 Å². The van der Waals surface area contributed by atoms with E-state index in [9.17, 15) is 4.79 Å². The van der Waals surface area contributed by atoms with E-state index in [-0.39, 0.29) is 17.0 Å². The lowest BCUT2D eigenvalue weighted by Gasteiger charge is -2.33. The normalized spacial score (nSPS) is 11.9. The zero-order valence-electron chi connectivity index (χ0n) is 11.9. The van der Waals surface area contributed by atoms with E-state index in [4.69, 9.17) is 10.00 Å². The number of carbonyl (C=O) groups is 1. The maximum atomic E-state index is 11.7. The maximum absolute atomic E-state index is 11.7. The molecular formula is C13H23N3O2. The molecule has 0 heterocycles. The lowest BCUT2D eigenvalue weighted by Crippen LogP contribution is -2.38. The van der Waals surface area contributed by atoms with Gasteiger partial charge in [0.15, 0.2) is 0 Å². The van der Waals surface area contributed by atoms with Gasteiger partial charge in [-0.05, 0) is 27.7 Å². The van der Waals surface area contributed by atoms with E-state index in [0.717, 1.165) is 6.54 Å². The number of nitrogens with one attached hydrogen (secondary N) is 1. The molecule has 18 heavy (non-hydrogen) atoms. The number of nitriles is 1.